The average molecular weight is 489 g/mol. The molecule has 182 valence electrons. The number of hydrogen-bond donors (Lipinski definition) is 2. The normalized spacial score (nSPS) is 21.1. The summed E-state index contributed by atoms with van der Waals surface area (Å²) >= 11 is 0. The summed E-state index contributed by atoms with van der Waals surface area (Å²) in [5, 5.41) is 9.90. The van der Waals surface area contributed by atoms with Gasteiger partial charge in [-0.05, 0) is 49.3 Å². The Kier molecular flexibility index (Phi) is 6.44. The van der Waals surface area contributed by atoms with Gasteiger partial charge in [0.15, 0.2) is 0 Å². The number of fused-ring (bicyclic) bond motifs is 3. The van der Waals surface area contributed by atoms with Crippen LogP contribution in [0.15, 0.2) is 41.3 Å². The molecular formula is C25H29FN2O5S. The number of aromatic carboxylic acids is 1. The summed E-state index contributed by atoms with van der Waals surface area (Å²) in [4.78, 5) is 14.1. The molecule has 0 saturated heterocycles. The first-order chi connectivity index (χ1) is 16.1. The quantitative estimate of drug-likeness (QED) is 0.545. The van der Waals surface area contributed by atoms with E-state index >= 15 is 0 Å². The van der Waals surface area contributed by atoms with E-state index in [1.54, 1.807) is 18.2 Å². The Bertz CT molecular complexity index is 1260. The van der Waals surface area contributed by atoms with Crippen molar-refractivity contribution >= 4 is 27.8 Å². The number of likely N-dealkylation sites (N-methyl/N-ethyl adjacent to an activating group) is 1. The van der Waals surface area contributed by atoms with Crippen molar-refractivity contribution in [2.45, 2.75) is 37.5 Å². The van der Waals surface area contributed by atoms with Crippen LogP contribution in [0, 0.1) is 11.7 Å². The maximum Gasteiger partial charge on any atom is 0.341 e. The number of rotatable bonds is 9. The number of nitrogens with one attached hydrogen (secondary N) is 1. The Labute approximate surface area is 199 Å². The highest BCUT2D eigenvalue weighted by Gasteiger charge is 2.56. The lowest BCUT2D eigenvalue weighted by Gasteiger charge is -2.25. The molecule has 0 radical (unpaired) electrons. The lowest BCUT2D eigenvalue weighted by atomic mass is 9.90. The number of carboxylic acid groups (broad SMARTS) is 1. The third-order valence-electron chi connectivity index (χ3n) is 6.89. The van der Waals surface area contributed by atoms with Crippen LogP contribution in [0.25, 0.3) is 6.08 Å². The number of carbonyl (C=O) groups is 1. The van der Waals surface area contributed by atoms with Gasteiger partial charge in [-0.1, -0.05) is 39.0 Å². The molecule has 0 spiro atoms. The molecule has 4 rings (SSSR count). The number of anilines is 1. The van der Waals surface area contributed by atoms with Crippen LogP contribution in [0.5, 0.6) is 5.75 Å². The third kappa shape index (κ3) is 4.42. The summed E-state index contributed by atoms with van der Waals surface area (Å²) in [6, 6.07) is 6.59. The molecule has 7 nitrogen and oxygen atoms in total. The molecule has 2 aromatic carbocycles. The van der Waals surface area contributed by atoms with Crippen molar-refractivity contribution in [3.63, 3.8) is 0 Å². The van der Waals surface area contributed by atoms with Gasteiger partial charge < -0.3 is 14.7 Å². The molecule has 9 heteroatoms. The van der Waals surface area contributed by atoms with Crippen LogP contribution in [-0.4, -0.2) is 50.6 Å². The molecule has 2 aromatic rings. The SMILES string of the molecule is CCN(CC)C/C=C/c1cc(F)ccc1S(=O)(=O)Nc1ccc2c(c1C(=O)O)OCC1CC21C. The standard InChI is InChI=1S/C25H29FN2O5S/c1-4-28(5-2)12-6-7-16-13-18(26)8-11-21(16)34(31,32)27-20-10-9-19-23(22(20)24(29)30)33-15-17-14-25(17,19)3/h6-11,13,17,27H,4-5,12,14-15H2,1-3H3,(H,29,30)/b7-6+. The monoisotopic (exact) mass is 488 g/mol. The van der Waals surface area contributed by atoms with Crippen molar-refractivity contribution in [3.8, 4) is 5.75 Å². The maximum absolute atomic E-state index is 14.0. The number of ether oxygens (including phenoxy) is 1. The van der Waals surface area contributed by atoms with Crippen LogP contribution >= 0.6 is 0 Å². The molecule has 2 atom stereocenters. The highest BCUT2D eigenvalue weighted by molar-refractivity contribution is 7.92. The summed E-state index contributed by atoms with van der Waals surface area (Å²) in [5.41, 5.74) is 0.518. The fourth-order valence-electron chi connectivity index (χ4n) is 4.59. The van der Waals surface area contributed by atoms with E-state index in [0.717, 1.165) is 37.2 Å². The van der Waals surface area contributed by atoms with Crippen molar-refractivity contribution in [2.75, 3.05) is 31.0 Å². The summed E-state index contributed by atoms with van der Waals surface area (Å²) in [6.45, 7) is 8.74. The maximum atomic E-state index is 14.0. The molecule has 34 heavy (non-hydrogen) atoms. The zero-order chi connectivity index (χ0) is 24.7. The van der Waals surface area contributed by atoms with Crippen molar-refractivity contribution in [1.29, 1.82) is 0 Å². The van der Waals surface area contributed by atoms with E-state index in [0.29, 0.717) is 19.1 Å². The first-order valence-electron chi connectivity index (χ1n) is 11.4. The van der Waals surface area contributed by atoms with Crippen LogP contribution in [-0.2, 0) is 15.4 Å². The largest absolute Gasteiger partial charge is 0.492 e. The Morgan fingerprint density at radius 2 is 2.03 bits per heavy atom. The minimum Gasteiger partial charge on any atom is -0.492 e. The Balaban J connectivity index is 1.69. The number of carboxylic acids is 1. The molecule has 2 N–H and O–H groups in total. The molecule has 2 aliphatic rings. The summed E-state index contributed by atoms with van der Waals surface area (Å²) in [6.07, 6.45) is 4.25. The van der Waals surface area contributed by atoms with Gasteiger partial charge in [0.05, 0.1) is 17.2 Å². The minimum atomic E-state index is -4.22. The summed E-state index contributed by atoms with van der Waals surface area (Å²) in [5.74, 6) is -1.30. The van der Waals surface area contributed by atoms with E-state index in [4.69, 9.17) is 4.74 Å². The fourth-order valence-corrected chi connectivity index (χ4v) is 5.85. The van der Waals surface area contributed by atoms with Crippen molar-refractivity contribution in [3.05, 3.63) is 58.9 Å². The molecule has 1 saturated carbocycles. The van der Waals surface area contributed by atoms with E-state index in [1.165, 1.54) is 12.1 Å². The first-order valence-corrected chi connectivity index (χ1v) is 12.8. The molecule has 1 aliphatic carbocycles. The number of nitrogens with zero attached hydrogens (tertiary/aromatic N) is 1. The zero-order valence-corrected chi connectivity index (χ0v) is 20.3. The Morgan fingerprint density at radius 3 is 2.71 bits per heavy atom. The van der Waals surface area contributed by atoms with E-state index in [-0.39, 0.29) is 32.9 Å². The van der Waals surface area contributed by atoms with Gasteiger partial charge in [0.1, 0.15) is 17.1 Å². The molecule has 0 bridgehead atoms. The van der Waals surface area contributed by atoms with E-state index < -0.39 is 21.8 Å². The van der Waals surface area contributed by atoms with Gasteiger partial charge in [-0.25, -0.2) is 17.6 Å². The Morgan fingerprint density at radius 1 is 1.29 bits per heavy atom. The van der Waals surface area contributed by atoms with Gasteiger partial charge in [0.2, 0.25) is 0 Å². The van der Waals surface area contributed by atoms with Crippen LogP contribution in [0.2, 0.25) is 0 Å². The number of hydrogen-bond acceptors (Lipinski definition) is 5. The van der Waals surface area contributed by atoms with Crippen LogP contribution in [0.4, 0.5) is 10.1 Å². The zero-order valence-electron chi connectivity index (χ0n) is 19.5. The predicted octanol–water partition coefficient (Wildman–Crippen LogP) is 4.35. The fraction of sp³-hybridized carbons (Fsp3) is 0.400. The highest BCUT2D eigenvalue weighted by atomic mass is 32.2. The third-order valence-corrected chi connectivity index (χ3v) is 8.33. The number of benzene rings is 2. The molecule has 0 aromatic heterocycles. The van der Waals surface area contributed by atoms with E-state index in [2.05, 4.69) is 16.5 Å². The Hall–Kier alpha value is -2.91. The summed E-state index contributed by atoms with van der Waals surface area (Å²) in [7, 11) is -4.22. The minimum absolute atomic E-state index is 0.0867. The first kappa shape index (κ1) is 24.2. The summed E-state index contributed by atoms with van der Waals surface area (Å²) < 4.78 is 48.7. The second-order valence-electron chi connectivity index (χ2n) is 8.98. The lowest BCUT2D eigenvalue weighted by Crippen LogP contribution is -2.23. The van der Waals surface area contributed by atoms with Gasteiger partial charge in [-0.15, -0.1) is 0 Å². The van der Waals surface area contributed by atoms with Gasteiger partial charge in [-0.3, -0.25) is 4.72 Å². The van der Waals surface area contributed by atoms with Crippen molar-refractivity contribution < 1.29 is 27.4 Å². The predicted molar refractivity (Wildman–Crippen MR) is 128 cm³/mol. The highest BCUT2D eigenvalue weighted by Crippen LogP contribution is 2.60. The lowest BCUT2D eigenvalue weighted by molar-refractivity contribution is 0.0692. The van der Waals surface area contributed by atoms with Gasteiger partial charge in [-0.2, -0.15) is 0 Å². The number of halogens is 1. The molecule has 2 unspecified atom stereocenters. The van der Waals surface area contributed by atoms with Crippen LogP contribution in [0.3, 0.4) is 0 Å². The second kappa shape index (κ2) is 9.03. The molecule has 1 heterocycles. The van der Waals surface area contributed by atoms with Crippen LogP contribution in [0.1, 0.15) is 48.7 Å². The van der Waals surface area contributed by atoms with E-state index in [9.17, 15) is 22.7 Å². The van der Waals surface area contributed by atoms with E-state index in [1.807, 2.05) is 13.8 Å². The van der Waals surface area contributed by atoms with Gasteiger partial charge >= 0.3 is 5.97 Å². The number of sulfonamides is 1. The molecule has 0 amide bonds. The molecular weight excluding hydrogens is 459 g/mol. The van der Waals surface area contributed by atoms with Crippen molar-refractivity contribution in [1.82, 2.24) is 4.90 Å². The van der Waals surface area contributed by atoms with Crippen LogP contribution < -0.4 is 9.46 Å². The molecule has 1 aliphatic heterocycles. The topological polar surface area (TPSA) is 95.9 Å². The molecule has 1 fully saturated rings. The average Bonchev–Trinajstić information content (AvgIpc) is 3.47. The van der Waals surface area contributed by atoms with Gasteiger partial charge in [0, 0.05) is 23.4 Å². The second-order valence-corrected chi connectivity index (χ2v) is 10.6. The van der Waals surface area contributed by atoms with Crippen molar-refractivity contribution in [2.24, 2.45) is 5.92 Å². The van der Waals surface area contributed by atoms with Gasteiger partial charge in [0.25, 0.3) is 10.0 Å². The smallest absolute Gasteiger partial charge is 0.341 e.